The highest BCUT2D eigenvalue weighted by Gasteiger charge is 2.30. The highest BCUT2D eigenvalue weighted by atomic mass is 16.5. The zero-order valence-corrected chi connectivity index (χ0v) is 14.8. The second kappa shape index (κ2) is 8.29. The van der Waals surface area contributed by atoms with Crippen molar-refractivity contribution in [2.45, 2.75) is 12.6 Å². The lowest BCUT2D eigenvalue weighted by Crippen LogP contribution is -2.29. The van der Waals surface area contributed by atoms with Crippen molar-refractivity contribution in [1.82, 2.24) is 9.97 Å². The molecule has 0 aliphatic rings. The zero-order valence-electron chi connectivity index (χ0n) is 14.8. The van der Waals surface area contributed by atoms with Crippen molar-refractivity contribution in [3.63, 3.8) is 0 Å². The van der Waals surface area contributed by atoms with Crippen molar-refractivity contribution in [1.29, 1.82) is 0 Å². The number of oxazole rings is 1. The Morgan fingerprint density at radius 2 is 2.15 bits per heavy atom. The fourth-order valence-corrected chi connectivity index (χ4v) is 2.92. The maximum absolute atomic E-state index is 12.2. The van der Waals surface area contributed by atoms with Crippen LogP contribution in [0.25, 0.3) is 6.08 Å². The normalized spacial score (nSPS) is 11.6. The number of rotatable bonds is 8. The molecule has 1 atom stereocenters. The van der Waals surface area contributed by atoms with E-state index in [0.717, 1.165) is 5.56 Å². The Labute approximate surface area is 156 Å². The average Bonchev–Trinajstić information content (AvgIpc) is 3.20. The number of nitrogens with zero attached hydrogens (tertiary/aromatic N) is 3. The molecule has 0 bridgehead atoms. The summed E-state index contributed by atoms with van der Waals surface area (Å²) in [7, 11) is 1.51. The maximum Gasteiger partial charge on any atom is 0.215 e. The number of aliphatic hydroxyl groups is 1. The Balaban J connectivity index is 2.21. The Hall–Kier alpha value is -3.45. The van der Waals surface area contributed by atoms with E-state index in [-0.39, 0.29) is 6.61 Å². The minimum Gasteiger partial charge on any atom is -0.481 e. The lowest BCUT2D eigenvalue weighted by molar-refractivity contribution is -0.107. The standard InChI is InChI=1S/C20H19N3O4/c1-3-14-6-4-5-7-17(14)23(13-25)19(20-16(11-24)22-12-27-20)15-8-9-21-18(10-15)26-2/h3-10,12-13,19,24H,1,11H2,2H3. The molecule has 0 radical (unpaired) electrons. The molecule has 2 aromatic heterocycles. The number of pyridine rings is 1. The van der Waals surface area contributed by atoms with Crippen molar-refractivity contribution in [3.8, 4) is 5.88 Å². The molecule has 1 amide bonds. The number of hydrogen-bond acceptors (Lipinski definition) is 6. The van der Waals surface area contributed by atoms with Gasteiger partial charge in [-0.25, -0.2) is 9.97 Å². The topological polar surface area (TPSA) is 88.7 Å². The first-order valence-electron chi connectivity index (χ1n) is 8.21. The molecule has 3 rings (SSSR count). The van der Waals surface area contributed by atoms with Crippen LogP contribution in [0.5, 0.6) is 5.88 Å². The van der Waals surface area contributed by atoms with Gasteiger partial charge in [0.2, 0.25) is 12.3 Å². The van der Waals surface area contributed by atoms with Crippen LogP contribution in [0.2, 0.25) is 0 Å². The molecule has 0 aliphatic carbocycles. The van der Waals surface area contributed by atoms with Crippen LogP contribution >= 0.6 is 0 Å². The highest BCUT2D eigenvalue weighted by molar-refractivity contribution is 5.83. The van der Waals surface area contributed by atoms with Gasteiger partial charge in [0.15, 0.2) is 12.2 Å². The molecule has 1 unspecified atom stereocenters. The van der Waals surface area contributed by atoms with Crippen LogP contribution in [-0.2, 0) is 11.4 Å². The average molecular weight is 365 g/mol. The molecule has 1 aromatic carbocycles. The molecule has 3 aromatic rings. The third-order valence-corrected chi connectivity index (χ3v) is 4.18. The number of carbonyl (C=O) groups is 1. The van der Waals surface area contributed by atoms with Crippen LogP contribution in [-0.4, -0.2) is 28.6 Å². The summed E-state index contributed by atoms with van der Waals surface area (Å²) < 4.78 is 10.8. The van der Waals surface area contributed by atoms with Gasteiger partial charge in [-0.3, -0.25) is 9.69 Å². The first kappa shape index (κ1) is 18.3. The molecule has 2 heterocycles. The van der Waals surface area contributed by atoms with E-state index in [1.165, 1.54) is 18.4 Å². The molecular weight excluding hydrogens is 346 g/mol. The lowest BCUT2D eigenvalue weighted by atomic mass is 10.0. The number of amides is 1. The smallest absolute Gasteiger partial charge is 0.215 e. The first-order valence-corrected chi connectivity index (χ1v) is 8.21. The third-order valence-electron chi connectivity index (χ3n) is 4.18. The Morgan fingerprint density at radius 3 is 2.85 bits per heavy atom. The van der Waals surface area contributed by atoms with E-state index in [9.17, 15) is 9.90 Å². The van der Waals surface area contributed by atoms with Crippen LogP contribution in [0.15, 0.2) is 60.0 Å². The molecule has 7 nitrogen and oxygen atoms in total. The van der Waals surface area contributed by atoms with Crippen LogP contribution in [0, 0.1) is 0 Å². The number of benzene rings is 1. The summed E-state index contributed by atoms with van der Waals surface area (Å²) in [6, 6.07) is 10.1. The number of ether oxygens (including phenoxy) is 1. The summed E-state index contributed by atoms with van der Waals surface area (Å²) in [5.41, 5.74) is 2.46. The Kier molecular flexibility index (Phi) is 5.63. The van der Waals surface area contributed by atoms with E-state index < -0.39 is 6.04 Å². The highest BCUT2D eigenvalue weighted by Crippen LogP contribution is 2.36. The fraction of sp³-hybridized carbons (Fsp3) is 0.150. The minimum absolute atomic E-state index is 0.319. The summed E-state index contributed by atoms with van der Waals surface area (Å²) in [6.45, 7) is 3.50. The molecule has 7 heteroatoms. The number of anilines is 1. The zero-order chi connectivity index (χ0) is 19.2. The van der Waals surface area contributed by atoms with E-state index in [4.69, 9.17) is 9.15 Å². The molecule has 0 saturated heterocycles. The summed E-state index contributed by atoms with van der Waals surface area (Å²) in [5.74, 6) is 0.752. The quantitative estimate of drug-likeness (QED) is 0.618. The fourth-order valence-electron chi connectivity index (χ4n) is 2.92. The molecule has 138 valence electrons. The van der Waals surface area contributed by atoms with Gasteiger partial charge in [0.05, 0.1) is 19.4 Å². The lowest BCUT2D eigenvalue weighted by Gasteiger charge is -2.29. The van der Waals surface area contributed by atoms with Gasteiger partial charge in [-0.2, -0.15) is 0 Å². The summed E-state index contributed by atoms with van der Waals surface area (Å²) in [5, 5.41) is 9.65. The van der Waals surface area contributed by atoms with Crippen molar-refractivity contribution in [2.24, 2.45) is 0 Å². The number of carbonyl (C=O) groups excluding carboxylic acids is 1. The van der Waals surface area contributed by atoms with Crippen molar-refractivity contribution in [3.05, 3.63) is 78.1 Å². The number of hydrogen-bond donors (Lipinski definition) is 1. The largest absolute Gasteiger partial charge is 0.481 e. The summed E-state index contributed by atoms with van der Waals surface area (Å²) >= 11 is 0. The molecule has 0 aliphatic heterocycles. The van der Waals surface area contributed by atoms with Gasteiger partial charge in [-0.1, -0.05) is 30.9 Å². The van der Waals surface area contributed by atoms with Crippen LogP contribution in [0.1, 0.15) is 28.6 Å². The molecular formula is C20H19N3O4. The van der Waals surface area contributed by atoms with Crippen LogP contribution in [0.4, 0.5) is 5.69 Å². The molecule has 0 fully saturated rings. The molecule has 0 saturated carbocycles. The van der Waals surface area contributed by atoms with E-state index >= 15 is 0 Å². The predicted octanol–water partition coefficient (Wildman–Crippen LogP) is 2.97. The number of aliphatic hydroxyl groups excluding tert-OH is 1. The SMILES string of the molecule is C=Cc1ccccc1N(C=O)C(c1ccnc(OC)c1)c1ocnc1CO. The van der Waals surface area contributed by atoms with Gasteiger partial charge in [0.1, 0.15) is 11.7 Å². The van der Waals surface area contributed by atoms with Gasteiger partial charge in [-0.05, 0) is 23.3 Å². The Morgan fingerprint density at radius 1 is 1.33 bits per heavy atom. The molecule has 1 N–H and O–H groups in total. The van der Waals surface area contributed by atoms with Gasteiger partial charge < -0.3 is 14.3 Å². The van der Waals surface area contributed by atoms with Crippen molar-refractivity contribution < 1.29 is 19.1 Å². The minimum atomic E-state index is -0.676. The number of para-hydroxylation sites is 1. The second-order valence-corrected chi connectivity index (χ2v) is 5.63. The van der Waals surface area contributed by atoms with Gasteiger partial charge >= 0.3 is 0 Å². The monoisotopic (exact) mass is 365 g/mol. The first-order chi connectivity index (χ1) is 13.2. The third kappa shape index (κ3) is 3.58. The summed E-state index contributed by atoms with van der Waals surface area (Å²) in [6.07, 6.45) is 5.21. The van der Waals surface area contributed by atoms with E-state index in [1.807, 2.05) is 24.3 Å². The van der Waals surface area contributed by atoms with Crippen LogP contribution in [0.3, 0.4) is 0 Å². The van der Waals surface area contributed by atoms with Gasteiger partial charge in [-0.15, -0.1) is 0 Å². The van der Waals surface area contributed by atoms with Crippen molar-refractivity contribution >= 4 is 18.2 Å². The van der Waals surface area contributed by atoms with Crippen LogP contribution < -0.4 is 9.64 Å². The van der Waals surface area contributed by atoms with Gasteiger partial charge in [0.25, 0.3) is 0 Å². The van der Waals surface area contributed by atoms with Crippen molar-refractivity contribution in [2.75, 3.05) is 12.0 Å². The van der Waals surface area contributed by atoms with Gasteiger partial charge in [0, 0.05) is 12.3 Å². The van der Waals surface area contributed by atoms with E-state index in [2.05, 4.69) is 16.5 Å². The predicted molar refractivity (Wildman–Crippen MR) is 100 cm³/mol. The number of methoxy groups -OCH3 is 1. The van der Waals surface area contributed by atoms with E-state index in [1.54, 1.807) is 24.4 Å². The second-order valence-electron chi connectivity index (χ2n) is 5.63. The molecule has 0 spiro atoms. The number of aromatic nitrogens is 2. The summed E-state index contributed by atoms with van der Waals surface area (Å²) in [4.78, 5) is 21.8. The molecule has 27 heavy (non-hydrogen) atoms. The maximum atomic E-state index is 12.2. The van der Waals surface area contributed by atoms with E-state index in [0.29, 0.717) is 35.0 Å². The Bertz CT molecular complexity index is 938.